The Balaban J connectivity index is 2.24. The predicted molar refractivity (Wildman–Crippen MR) is 79.9 cm³/mol. The van der Waals surface area contributed by atoms with Gasteiger partial charge in [-0.3, -0.25) is 4.79 Å². The number of sulfonamides is 1. The summed E-state index contributed by atoms with van der Waals surface area (Å²) in [5, 5.41) is 2.72. The van der Waals surface area contributed by atoms with Crippen molar-refractivity contribution < 1.29 is 17.9 Å². The van der Waals surface area contributed by atoms with E-state index in [2.05, 4.69) is 10.0 Å². The highest BCUT2D eigenvalue weighted by Gasteiger charge is 2.28. The van der Waals surface area contributed by atoms with E-state index < -0.39 is 16.1 Å². The van der Waals surface area contributed by atoms with E-state index in [9.17, 15) is 13.2 Å². The van der Waals surface area contributed by atoms with Gasteiger partial charge in [0.1, 0.15) is 5.75 Å². The minimum absolute atomic E-state index is 0.110. The number of amides is 1. The van der Waals surface area contributed by atoms with Crippen molar-refractivity contribution in [1.29, 1.82) is 0 Å². The zero-order valence-corrected chi connectivity index (χ0v) is 13.0. The molecule has 0 bridgehead atoms. The highest BCUT2D eigenvalue weighted by molar-refractivity contribution is 7.89. The van der Waals surface area contributed by atoms with E-state index in [1.807, 2.05) is 6.92 Å². The van der Waals surface area contributed by atoms with Gasteiger partial charge in [-0.25, -0.2) is 13.1 Å². The van der Waals surface area contributed by atoms with Crippen molar-refractivity contribution in [3.05, 3.63) is 18.2 Å². The lowest BCUT2D eigenvalue weighted by Gasteiger charge is -2.26. The molecule has 0 radical (unpaired) electrons. The normalized spacial score (nSPS) is 17.8. The smallest absolute Gasteiger partial charge is 0.265 e. The monoisotopic (exact) mass is 312 g/mol. The SMILES string of the molecule is CCCC[C@@H]1Oc2ccc(S(=O)(=O)NCC)cc2NC1=O. The van der Waals surface area contributed by atoms with Crippen LogP contribution in [0.2, 0.25) is 0 Å². The maximum atomic E-state index is 11.9. The van der Waals surface area contributed by atoms with Crippen LogP contribution >= 0.6 is 0 Å². The van der Waals surface area contributed by atoms with Crippen LogP contribution in [0.4, 0.5) is 5.69 Å². The molecule has 0 fully saturated rings. The summed E-state index contributed by atoms with van der Waals surface area (Å²) in [6.07, 6.45) is 2.04. The highest BCUT2D eigenvalue weighted by Crippen LogP contribution is 2.32. The molecule has 1 aromatic rings. The summed E-state index contributed by atoms with van der Waals surface area (Å²) in [6.45, 7) is 4.06. The van der Waals surface area contributed by atoms with Crippen LogP contribution in [0.15, 0.2) is 23.1 Å². The Labute approximate surface area is 124 Å². The van der Waals surface area contributed by atoms with Crippen molar-refractivity contribution in [3.8, 4) is 5.75 Å². The summed E-state index contributed by atoms with van der Waals surface area (Å²) in [7, 11) is -3.55. The van der Waals surface area contributed by atoms with Gasteiger partial charge in [-0.1, -0.05) is 20.3 Å². The molecule has 1 amide bonds. The number of fused-ring (bicyclic) bond motifs is 1. The average Bonchev–Trinajstić information content (AvgIpc) is 2.44. The first-order valence-electron chi connectivity index (χ1n) is 7.09. The number of hydrogen-bond acceptors (Lipinski definition) is 4. The Bertz CT molecular complexity index is 628. The zero-order chi connectivity index (χ0) is 15.5. The highest BCUT2D eigenvalue weighted by atomic mass is 32.2. The number of ether oxygens (including phenoxy) is 1. The Kier molecular flexibility index (Phi) is 4.84. The van der Waals surface area contributed by atoms with Crippen LogP contribution in [0.5, 0.6) is 5.75 Å². The fourth-order valence-corrected chi connectivity index (χ4v) is 3.22. The van der Waals surface area contributed by atoms with Crippen molar-refractivity contribution >= 4 is 21.6 Å². The van der Waals surface area contributed by atoms with Gasteiger partial charge in [-0.2, -0.15) is 0 Å². The van der Waals surface area contributed by atoms with Gasteiger partial charge in [0, 0.05) is 6.54 Å². The quantitative estimate of drug-likeness (QED) is 0.840. The lowest BCUT2D eigenvalue weighted by Crippen LogP contribution is -2.37. The summed E-state index contributed by atoms with van der Waals surface area (Å²) < 4.78 is 31.9. The van der Waals surface area contributed by atoms with E-state index in [1.54, 1.807) is 13.0 Å². The van der Waals surface area contributed by atoms with Crippen LogP contribution < -0.4 is 14.8 Å². The fraction of sp³-hybridized carbons (Fsp3) is 0.500. The summed E-state index contributed by atoms with van der Waals surface area (Å²) in [4.78, 5) is 12.1. The molecule has 1 heterocycles. The maximum Gasteiger partial charge on any atom is 0.265 e. The first-order chi connectivity index (χ1) is 9.97. The van der Waals surface area contributed by atoms with E-state index in [-0.39, 0.29) is 10.8 Å². The van der Waals surface area contributed by atoms with Crippen molar-refractivity contribution in [1.82, 2.24) is 4.72 Å². The molecule has 1 aliphatic heterocycles. The van der Waals surface area contributed by atoms with Crippen molar-refractivity contribution in [2.24, 2.45) is 0 Å². The third-order valence-corrected chi connectivity index (χ3v) is 4.78. The summed E-state index contributed by atoms with van der Waals surface area (Å²) in [5.41, 5.74) is 0.395. The van der Waals surface area contributed by atoms with Gasteiger partial charge in [0.05, 0.1) is 10.6 Å². The third kappa shape index (κ3) is 3.54. The van der Waals surface area contributed by atoms with Gasteiger partial charge in [0.2, 0.25) is 10.0 Å². The van der Waals surface area contributed by atoms with Crippen LogP contribution in [0.25, 0.3) is 0 Å². The van der Waals surface area contributed by atoms with Crippen LogP contribution in [-0.2, 0) is 14.8 Å². The zero-order valence-electron chi connectivity index (χ0n) is 12.2. The Morgan fingerprint density at radius 2 is 2.10 bits per heavy atom. The van der Waals surface area contributed by atoms with Crippen LogP contribution in [-0.4, -0.2) is 27.0 Å². The fourth-order valence-electron chi connectivity index (χ4n) is 2.15. The Morgan fingerprint density at radius 3 is 2.76 bits per heavy atom. The lowest BCUT2D eigenvalue weighted by molar-refractivity contribution is -0.123. The molecule has 0 aromatic heterocycles. The molecule has 0 aliphatic carbocycles. The number of carbonyl (C=O) groups excluding carboxylic acids is 1. The van der Waals surface area contributed by atoms with Gasteiger partial charge in [0.25, 0.3) is 5.91 Å². The van der Waals surface area contributed by atoms with E-state index >= 15 is 0 Å². The van der Waals surface area contributed by atoms with E-state index in [0.29, 0.717) is 24.4 Å². The molecule has 0 spiro atoms. The second-order valence-corrected chi connectivity index (χ2v) is 6.66. The number of rotatable bonds is 6. The van der Waals surface area contributed by atoms with Crippen LogP contribution in [0.3, 0.4) is 0 Å². The van der Waals surface area contributed by atoms with E-state index in [1.165, 1.54) is 12.1 Å². The topological polar surface area (TPSA) is 84.5 Å². The molecule has 0 saturated heterocycles. The minimum Gasteiger partial charge on any atom is -0.478 e. The van der Waals surface area contributed by atoms with E-state index in [4.69, 9.17) is 4.74 Å². The predicted octanol–water partition coefficient (Wildman–Crippen LogP) is 1.87. The minimum atomic E-state index is -3.55. The molecule has 1 atom stereocenters. The average molecular weight is 312 g/mol. The first-order valence-corrected chi connectivity index (χ1v) is 8.57. The van der Waals surface area contributed by atoms with Gasteiger partial charge in [-0.05, 0) is 31.0 Å². The third-order valence-electron chi connectivity index (χ3n) is 3.24. The molecule has 116 valence electrons. The molecule has 2 N–H and O–H groups in total. The second-order valence-electron chi connectivity index (χ2n) is 4.90. The van der Waals surface area contributed by atoms with Crippen molar-refractivity contribution in [3.63, 3.8) is 0 Å². The molecule has 1 aliphatic rings. The molecule has 0 saturated carbocycles. The second kappa shape index (κ2) is 6.44. The molecule has 2 rings (SSSR count). The molecule has 7 heteroatoms. The number of unbranched alkanes of at least 4 members (excludes halogenated alkanes) is 1. The largest absolute Gasteiger partial charge is 0.478 e. The van der Waals surface area contributed by atoms with E-state index in [0.717, 1.165) is 12.8 Å². The molecule has 21 heavy (non-hydrogen) atoms. The Morgan fingerprint density at radius 1 is 1.33 bits per heavy atom. The number of anilines is 1. The van der Waals surface area contributed by atoms with Crippen molar-refractivity contribution in [2.45, 2.75) is 44.1 Å². The molecule has 6 nitrogen and oxygen atoms in total. The first kappa shape index (κ1) is 15.8. The van der Waals surface area contributed by atoms with Gasteiger partial charge in [-0.15, -0.1) is 0 Å². The standard InChI is InChI=1S/C14H20N2O4S/c1-3-5-6-13-14(17)16-11-9-10(7-8-12(11)20-13)21(18,19)15-4-2/h7-9,13,15H,3-6H2,1-2H3,(H,16,17)/t13-/m0/s1. The number of hydrogen-bond donors (Lipinski definition) is 2. The Hall–Kier alpha value is -1.60. The lowest BCUT2D eigenvalue weighted by atomic mass is 10.1. The summed E-state index contributed by atoms with van der Waals surface area (Å²) in [5.74, 6) is 0.278. The van der Waals surface area contributed by atoms with Crippen LogP contribution in [0, 0.1) is 0 Å². The number of carbonyl (C=O) groups is 1. The summed E-state index contributed by atoms with van der Waals surface area (Å²) in [6, 6.07) is 4.48. The molecule has 1 aromatic carbocycles. The van der Waals surface area contributed by atoms with Gasteiger partial charge in [0.15, 0.2) is 6.10 Å². The van der Waals surface area contributed by atoms with Gasteiger partial charge >= 0.3 is 0 Å². The molecular weight excluding hydrogens is 292 g/mol. The number of benzene rings is 1. The number of nitrogens with one attached hydrogen (secondary N) is 2. The van der Waals surface area contributed by atoms with Crippen LogP contribution in [0.1, 0.15) is 33.1 Å². The van der Waals surface area contributed by atoms with Gasteiger partial charge < -0.3 is 10.1 Å². The summed E-state index contributed by atoms with van der Waals surface area (Å²) >= 11 is 0. The maximum absolute atomic E-state index is 11.9. The molecule has 0 unspecified atom stereocenters. The van der Waals surface area contributed by atoms with Crippen molar-refractivity contribution in [2.75, 3.05) is 11.9 Å². The molecular formula is C14H20N2O4S.